The van der Waals surface area contributed by atoms with Crippen LogP contribution in [-0.4, -0.2) is 41.9 Å². The highest BCUT2D eigenvalue weighted by molar-refractivity contribution is 6.34. The number of nitrogens with zero attached hydrogens (tertiary/aromatic N) is 1. The summed E-state index contributed by atoms with van der Waals surface area (Å²) in [5.74, 6) is -2.91. The molecular formula is C18H19ClN2O4. The largest absolute Gasteiger partial charge is 0.481 e. The molecule has 25 heavy (non-hydrogen) atoms. The van der Waals surface area contributed by atoms with Gasteiger partial charge in [-0.05, 0) is 36.5 Å². The highest BCUT2D eigenvalue weighted by Crippen LogP contribution is 2.48. The van der Waals surface area contributed by atoms with Crippen molar-refractivity contribution in [2.45, 2.75) is 6.42 Å². The number of carbonyl (C=O) groups excluding carboxylic acids is 2. The number of hydrogen-bond donors (Lipinski definition) is 2. The third-order valence-corrected chi connectivity index (χ3v) is 5.23. The van der Waals surface area contributed by atoms with Crippen LogP contribution in [0.3, 0.4) is 0 Å². The monoisotopic (exact) mass is 362 g/mol. The van der Waals surface area contributed by atoms with E-state index in [9.17, 15) is 19.5 Å². The van der Waals surface area contributed by atoms with E-state index in [4.69, 9.17) is 11.6 Å². The van der Waals surface area contributed by atoms with Gasteiger partial charge in [0, 0.05) is 19.8 Å². The van der Waals surface area contributed by atoms with Gasteiger partial charge in [0.05, 0.1) is 22.4 Å². The van der Waals surface area contributed by atoms with Crippen LogP contribution in [0.5, 0.6) is 0 Å². The summed E-state index contributed by atoms with van der Waals surface area (Å²) in [6, 6.07) is 4.66. The van der Waals surface area contributed by atoms with Crippen LogP contribution in [0.4, 0.5) is 5.69 Å². The Bertz CT molecular complexity index is 774. The first-order chi connectivity index (χ1) is 11.8. The Morgan fingerprint density at radius 3 is 2.36 bits per heavy atom. The maximum atomic E-state index is 12.6. The van der Waals surface area contributed by atoms with Gasteiger partial charge >= 0.3 is 5.97 Å². The maximum absolute atomic E-state index is 12.6. The number of carboxylic acids is 1. The van der Waals surface area contributed by atoms with Crippen LogP contribution >= 0.6 is 11.6 Å². The van der Waals surface area contributed by atoms with Gasteiger partial charge in [0.15, 0.2) is 0 Å². The van der Waals surface area contributed by atoms with Crippen LogP contribution in [0.15, 0.2) is 30.4 Å². The van der Waals surface area contributed by atoms with Gasteiger partial charge in [-0.2, -0.15) is 0 Å². The average molecular weight is 363 g/mol. The van der Waals surface area contributed by atoms with Crippen molar-refractivity contribution in [3.8, 4) is 0 Å². The van der Waals surface area contributed by atoms with E-state index in [2.05, 4.69) is 5.32 Å². The Morgan fingerprint density at radius 2 is 1.80 bits per heavy atom. The lowest BCUT2D eigenvalue weighted by molar-refractivity contribution is -0.146. The van der Waals surface area contributed by atoms with E-state index in [1.165, 1.54) is 11.0 Å². The predicted octanol–water partition coefficient (Wildman–Crippen LogP) is 2.50. The van der Waals surface area contributed by atoms with Crippen LogP contribution < -0.4 is 5.32 Å². The summed E-state index contributed by atoms with van der Waals surface area (Å²) in [7, 11) is 3.26. The van der Waals surface area contributed by atoms with Gasteiger partial charge in [0.25, 0.3) is 5.91 Å². The first-order valence-electron chi connectivity index (χ1n) is 8.02. The number of amides is 2. The van der Waals surface area contributed by atoms with E-state index < -0.39 is 17.8 Å². The number of allylic oxidation sites excluding steroid dienone is 2. The molecular weight excluding hydrogens is 344 g/mol. The molecule has 1 saturated carbocycles. The first-order valence-corrected chi connectivity index (χ1v) is 8.40. The molecule has 0 heterocycles. The standard InChI is InChI=1S/C18H19ClN2O4/c1-21(2)17(23)12-6-5-11(8-13(12)19)20-16(22)14-9-3-4-10(7-9)15(14)18(24)25/h3-6,8-10,14-15H,7H2,1-2H3,(H,20,22)(H,24,25)/t9-,10-,14-,15+/m0/s1. The molecule has 2 bridgehead atoms. The minimum atomic E-state index is -0.943. The van der Waals surface area contributed by atoms with Crippen molar-refractivity contribution in [2.75, 3.05) is 19.4 Å². The zero-order chi connectivity index (χ0) is 18.3. The van der Waals surface area contributed by atoms with Crippen LogP contribution in [0.25, 0.3) is 0 Å². The molecule has 1 aromatic rings. The molecule has 0 unspecified atom stereocenters. The van der Waals surface area contributed by atoms with E-state index in [-0.39, 0.29) is 28.7 Å². The topological polar surface area (TPSA) is 86.7 Å². The number of carbonyl (C=O) groups is 3. The predicted molar refractivity (Wildman–Crippen MR) is 93.5 cm³/mol. The SMILES string of the molecule is CN(C)C(=O)c1ccc(NC(=O)[C@@H]2[C@H](C(=O)O)[C@H]3C=C[C@H]2C3)cc1Cl. The summed E-state index contributed by atoms with van der Waals surface area (Å²) >= 11 is 6.15. The molecule has 0 spiro atoms. The second kappa shape index (κ2) is 6.52. The molecule has 1 aromatic carbocycles. The number of carboxylic acid groups (broad SMARTS) is 1. The van der Waals surface area contributed by atoms with Crippen molar-refractivity contribution in [3.63, 3.8) is 0 Å². The van der Waals surface area contributed by atoms with Crippen molar-refractivity contribution < 1.29 is 19.5 Å². The van der Waals surface area contributed by atoms with Crippen molar-refractivity contribution >= 4 is 35.1 Å². The molecule has 3 rings (SSSR count). The zero-order valence-electron chi connectivity index (χ0n) is 13.9. The van der Waals surface area contributed by atoms with Crippen molar-refractivity contribution in [1.82, 2.24) is 4.90 Å². The average Bonchev–Trinajstić information content (AvgIpc) is 3.15. The number of nitrogens with one attached hydrogen (secondary N) is 1. The smallest absolute Gasteiger partial charge is 0.307 e. The number of benzene rings is 1. The molecule has 1 fully saturated rings. The highest BCUT2D eigenvalue weighted by atomic mass is 35.5. The van der Waals surface area contributed by atoms with Crippen molar-refractivity contribution in [1.29, 1.82) is 0 Å². The minimum absolute atomic E-state index is 0.0452. The van der Waals surface area contributed by atoms with Gasteiger partial charge < -0.3 is 15.3 Å². The fourth-order valence-corrected chi connectivity index (χ4v) is 4.01. The molecule has 6 nitrogen and oxygen atoms in total. The van der Waals surface area contributed by atoms with Crippen LogP contribution in [0.2, 0.25) is 5.02 Å². The fraction of sp³-hybridized carbons (Fsp3) is 0.389. The molecule has 4 atom stereocenters. The number of rotatable bonds is 4. The summed E-state index contributed by atoms with van der Waals surface area (Å²) in [6.07, 6.45) is 4.53. The molecule has 2 N–H and O–H groups in total. The van der Waals surface area contributed by atoms with Gasteiger partial charge in [-0.3, -0.25) is 14.4 Å². The van der Waals surface area contributed by atoms with Gasteiger partial charge in [-0.15, -0.1) is 0 Å². The number of aliphatic carboxylic acids is 1. The van der Waals surface area contributed by atoms with E-state index in [1.807, 2.05) is 12.2 Å². The highest BCUT2D eigenvalue weighted by Gasteiger charge is 2.51. The molecule has 2 amide bonds. The number of hydrogen-bond acceptors (Lipinski definition) is 3. The second-order valence-electron chi connectivity index (χ2n) is 6.72. The summed E-state index contributed by atoms with van der Waals surface area (Å²) in [4.78, 5) is 37.6. The fourth-order valence-electron chi connectivity index (χ4n) is 3.75. The molecule has 2 aliphatic carbocycles. The second-order valence-corrected chi connectivity index (χ2v) is 7.13. The lowest BCUT2D eigenvalue weighted by Gasteiger charge is -2.24. The van der Waals surface area contributed by atoms with Crippen LogP contribution in [-0.2, 0) is 9.59 Å². The lowest BCUT2D eigenvalue weighted by Crippen LogP contribution is -2.36. The van der Waals surface area contributed by atoms with E-state index >= 15 is 0 Å². The normalized spacial score (nSPS) is 26.5. The van der Waals surface area contributed by atoms with E-state index in [0.29, 0.717) is 17.7 Å². The maximum Gasteiger partial charge on any atom is 0.307 e. The molecule has 7 heteroatoms. The zero-order valence-corrected chi connectivity index (χ0v) is 14.7. The van der Waals surface area contributed by atoms with E-state index in [0.717, 1.165) is 0 Å². The number of anilines is 1. The van der Waals surface area contributed by atoms with Gasteiger partial charge in [-0.1, -0.05) is 23.8 Å². The Kier molecular flexibility index (Phi) is 4.56. The molecule has 0 aromatic heterocycles. The summed E-state index contributed by atoms with van der Waals surface area (Å²) in [5.41, 5.74) is 0.789. The third-order valence-electron chi connectivity index (χ3n) is 4.92. The molecule has 0 aliphatic heterocycles. The Balaban J connectivity index is 1.77. The van der Waals surface area contributed by atoms with Crippen LogP contribution in [0.1, 0.15) is 16.8 Å². The van der Waals surface area contributed by atoms with Gasteiger partial charge in [0.2, 0.25) is 5.91 Å². The van der Waals surface area contributed by atoms with Crippen molar-refractivity contribution in [3.05, 3.63) is 40.9 Å². The minimum Gasteiger partial charge on any atom is -0.481 e. The summed E-state index contributed by atoms with van der Waals surface area (Å²) in [6.45, 7) is 0. The molecule has 132 valence electrons. The van der Waals surface area contributed by atoms with Gasteiger partial charge in [-0.25, -0.2) is 0 Å². The molecule has 0 saturated heterocycles. The summed E-state index contributed by atoms with van der Waals surface area (Å²) in [5, 5.41) is 12.4. The quantitative estimate of drug-likeness (QED) is 0.806. The number of halogens is 1. The Hall–Kier alpha value is -2.34. The van der Waals surface area contributed by atoms with Crippen LogP contribution in [0, 0.1) is 23.7 Å². The van der Waals surface area contributed by atoms with Crippen molar-refractivity contribution in [2.24, 2.45) is 23.7 Å². The Morgan fingerprint density at radius 1 is 1.16 bits per heavy atom. The lowest BCUT2D eigenvalue weighted by atomic mass is 9.82. The Labute approximate surface area is 150 Å². The molecule has 0 radical (unpaired) electrons. The van der Waals surface area contributed by atoms with E-state index in [1.54, 1.807) is 26.2 Å². The van der Waals surface area contributed by atoms with Gasteiger partial charge in [0.1, 0.15) is 0 Å². The first kappa shape index (κ1) is 17.5. The molecule has 2 aliphatic rings. The number of fused-ring (bicyclic) bond motifs is 2. The third kappa shape index (κ3) is 3.14. The summed E-state index contributed by atoms with van der Waals surface area (Å²) < 4.78 is 0.